The van der Waals surface area contributed by atoms with Crippen molar-refractivity contribution < 1.29 is 4.79 Å². The minimum atomic E-state index is 0.771. The molecule has 0 spiro atoms. The van der Waals surface area contributed by atoms with Crippen molar-refractivity contribution in [2.45, 2.75) is 13.8 Å². The van der Waals surface area contributed by atoms with E-state index in [1.165, 1.54) is 6.08 Å². The largest absolute Gasteiger partial charge is 0.299 e. The van der Waals surface area contributed by atoms with Crippen molar-refractivity contribution in [2.75, 3.05) is 0 Å². The Morgan fingerprint density at radius 1 is 1.08 bits per heavy atom. The lowest BCUT2D eigenvalue weighted by atomic mass is 10.2. The lowest BCUT2D eigenvalue weighted by Gasteiger charge is -1.86. The van der Waals surface area contributed by atoms with E-state index in [2.05, 4.69) is 0 Å². The van der Waals surface area contributed by atoms with Crippen molar-refractivity contribution in [3.63, 3.8) is 0 Å². The lowest BCUT2D eigenvalue weighted by molar-refractivity contribution is -0.104. The molecule has 0 amide bonds. The fraction of sp³-hybridized carbons (Fsp3) is 0.182. The molecule has 0 bridgehead atoms. The Bertz CT molecular complexity index is 224. The van der Waals surface area contributed by atoms with Gasteiger partial charge in [0.1, 0.15) is 6.29 Å². The second kappa shape index (κ2) is 7.73. The molecule has 0 atom stereocenters. The average Bonchev–Trinajstić information content (AvgIpc) is 2.19. The molecular formula is C11H14O. The fourth-order valence-electron chi connectivity index (χ4n) is 0.715. The van der Waals surface area contributed by atoms with Crippen LogP contribution in [0.15, 0.2) is 36.4 Å². The summed E-state index contributed by atoms with van der Waals surface area (Å²) >= 11 is 0. The minimum Gasteiger partial charge on any atom is -0.299 e. The van der Waals surface area contributed by atoms with Gasteiger partial charge in [-0.3, -0.25) is 4.79 Å². The van der Waals surface area contributed by atoms with Crippen molar-refractivity contribution in [3.05, 3.63) is 42.0 Å². The number of rotatable bonds is 2. The van der Waals surface area contributed by atoms with Gasteiger partial charge in [-0.25, -0.2) is 0 Å². The van der Waals surface area contributed by atoms with Crippen LogP contribution in [0.2, 0.25) is 0 Å². The van der Waals surface area contributed by atoms with Crippen LogP contribution in [0.25, 0.3) is 6.08 Å². The van der Waals surface area contributed by atoms with E-state index in [0.29, 0.717) is 0 Å². The molecule has 0 unspecified atom stereocenters. The first-order chi connectivity index (χ1) is 5.93. The molecule has 0 heterocycles. The highest BCUT2D eigenvalue weighted by atomic mass is 16.1. The van der Waals surface area contributed by atoms with Gasteiger partial charge in [-0.2, -0.15) is 0 Å². The first-order valence-electron chi connectivity index (χ1n) is 4.10. The second-order valence-corrected chi connectivity index (χ2v) is 1.91. The van der Waals surface area contributed by atoms with Crippen LogP contribution < -0.4 is 0 Å². The summed E-state index contributed by atoms with van der Waals surface area (Å²) in [5, 5.41) is 0. The molecule has 1 nitrogen and oxygen atoms in total. The summed E-state index contributed by atoms with van der Waals surface area (Å²) in [4.78, 5) is 9.89. The zero-order valence-electron chi connectivity index (χ0n) is 7.53. The van der Waals surface area contributed by atoms with Gasteiger partial charge in [-0.15, -0.1) is 0 Å². The Hall–Kier alpha value is -1.37. The number of hydrogen-bond acceptors (Lipinski definition) is 1. The Morgan fingerprint density at radius 2 is 1.67 bits per heavy atom. The maximum Gasteiger partial charge on any atom is 0.142 e. The highest BCUT2D eigenvalue weighted by Gasteiger charge is 1.79. The third-order valence-corrected chi connectivity index (χ3v) is 1.17. The SMILES string of the molecule is CC.O=CC=Cc1ccccc1. The predicted octanol–water partition coefficient (Wildman–Crippen LogP) is 2.92. The molecule has 1 aromatic carbocycles. The molecule has 0 fully saturated rings. The fourth-order valence-corrected chi connectivity index (χ4v) is 0.715. The normalized spacial score (nSPS) is 8.83. The van der Waals surface area contributed by atoms with E-state index < -0.39 is 0 Å². The minimum absolute atomic E-state index is 0.771. The summed E-state index contributed by atoms with van der Waals surface area (Å²) < 4.78 is 0. The lowest BCUT2D eigenvalue weighted by Crippen LogP contribution is -1.67. The quantitative estimate of drug-likeness (QED) is 0.482. The number of carbonyl (C=O) groups is 1. The van der Waals surface area contributed by atoms with Crippen LogP contribution in [0.3, 0.4) is 0 Å². The van der Waals surface area contributed by atoms with Crippen LogP contribution in [-0.4, -0.2) is 6.29 Å². The van der Waals surface area contributed by atoms with Crippen LogP contribution >= 0.6 is 0 Å². The first kappa shape index (κ1) is 10.6. The van der Waals surface area contributed by atoms with Gasteiger partial charge in [0.15, 0.2) is 0 Å². The Kier molecular flexibility index (Phi) is 6.85. The zero-order chi connectivity index (χ0) is 9.23. The standard InChI is InChI=1S/C9H8O.C2H6/c10-8-4-7-9-5-2-1-3-6-9;1-2/h1-8H;1-2H3. The van der Waals surface area contributed by atoms with Gasteiger partial charge < -0.3 is 0 Å². The van der Waals surface area contributed by atoms with Crippen LogP contribution in [0, 0.1) is 0 Å². The summed E-state index contributed by atoms with van der Waals surface area (Å²) in [5.74, 6) is 0. The molecule has 64 valence electrons. The summed E-state index contributed by atoms with van der Waals surface area (Å²) in [6.45, 7) is 4.00. The van der Waals surface area contributed by atoms with Gasteiger partial charge in [0.2, 0.25) is 0 Å². The Morgan fingerprint density at radius 3 is 2.17 bits per heavy atom. The van der Waals surface area contributed by atoms with E-state index in [-0.39, 0.29) is 0 Å². The molecule has 1 rings (SSSR count). The first-order valence-corrected chi connectivity index (χ1v) is 4.10. The number of allylic oxidation sites excluding steroid dienone is 1. The third kappa shape index (κ3) is 4.45. The van der Waals surface area contributed by atoms with E-state index in [9.17, 15) is 4.79 Å². The van der Waals surface area contributed by atoms with Crippen LogP contribution in [0.5, 0.6) is 0 Å². The molecule has 1 aromatic rings. The van der Waals surface area contributed by atoms with Crippen molar-refractivity contribution in [3.8, 4) is 0 Å². The molecule has 0 aliphatic carbocycles. The van der Waals surface area contributed by atoms with Crippen molar-refractivity contribution in [1.82, 2.24) is 0 Å². The molecule has 0 aliphatic rings. The smallest absolute Gasteiger partial charge is 0.142 e. The molecule has 0 aromatic heterocycles. The van der Waals surface area contributed by atoms with Gasteiger partial charge in [0.25, 0.3) is 0 Å². The van der Waals surface area contributed by atoms with E-state index >= 15 is 0 Å². The maximum atomic E-state index is 9.89. The van der Waals surface area contributed by atoms with E-state index in [1.807, 2.05) is 44.2 Å². The summed E-state index contributed by atoms with van der Waals surface area (Å²) in [6.07, 6.45) is 4.02. The van der Waals surface area contributed by atoms with E-state index in [0.717, 1.165) is 11.8 Å². The molecule has 0 aliphatic heterocycles. The summed E-state index contributed by atoms with van der Waals surface area (Å²) in [7, 11) is 0. The number of carbonyl (C=O) groups excluding carboxylic acids is 1. The Labute approximate surface area is 73.7 Å². The number of hydrogen-bond donors (Lipinski definition) is 0. The molecule has 0 saturated carbocycles. The van der Waals surface area contributed by atoms with E-state index in [1.54, 1.807) is 6.08 Å². The molecule has 0 N–H and O–H groups in total. The summed E-state index contributed by atoms with van der Waals surface area (Å²) in [6, 6.07) is 9.70. The topological polar surface area (TPSA) is 17.1 Å². The van der Waals surface area contributed by atoms with Crippen LogP contribution in [0.1, 0.15) is 19.4 Å². The Balaban J connectivity index is 0.000000561. The van der Waals surface area contributed by atoms with Gasteiger partial charge in [-0.1, -0.05) is 50.3 Å². The number of aldehydes is 1. The van der Waals surface area contributed by atoms with Crippen molar-refractivity contribution >= 4 is 12.4 Å². The van der Waals surface area contributed by atoms with Crippen LogP contribution in [0.4, 0.5) is 0 Å². The zero-order valence-corrected chi connectivity index (χ0v) is 7.53. The van der Waals surface area contributed by atoms with Gasteiger partial charge >= 0.3 is 0 Å². The van der Waals surface area contributed by atoms with Crippen molar-refractivity contribution in [1.29, 1.82) is 0 Å². The molecular weight excluding hydrogens is 148 g/mol. The van der Waals surface area contributed by atoms with Gasteiger partial charge in [-0.05, 0) is 11.6 Å². The van der Waals surface area contributed by atoms with E-state index in [4.69, 9.17) is 0 Å². The third-order valence-electron chi connectivity index (χ3n) is 1.17. The van der Waals surface area contributed by atoms with Crippen LogP contribution in [-0.2, 0) is 4.79 Å². The molecule has 0 saturated heterocycles. The monoisotopic (exact) mass is 162 g/mol. The molecule has 1 heteroatoms. The van der Waals surface area contributed by atoms with Gasteiger partial charge in [0.05, 0.1) is 0 Å². The number of benzene rings is 1. The average molecular weight is 162 g/mol. The summed E-state index contributed by atoms with van der Waals surface area (Å²) in [5.41, 5.74) is 1.05. The maximum absolute atomic E-state index is 9.89. The highest BCUT2D eigenvalue weighted by Crippen LogP contribution is 1.99. The predicted molar refractivity (Wildman–Crippen MR) is 52.9 cm³/mol. The molecule has 0 radical (unpaired) electrons. The molecule has 12 heavy (non-hydrogen) atoms. The van der Waals surface area contributed by atoms with Gasteiger partial charge in [0, 0.05) is 0 Å². The second-order valence-electron chi connectivity index (χ2n) is 1.91. The van der Waals surface area contributed by atoms with Crippen molar-refractivity contribution in [2.24, 2.45) is 0 Å². The highest BCUT2D eigenvalue weighted by molar-refractivity contribution is 5.73.